The van der Waals surface area contributed by atoms with Gasteiger partial charge in [-0.1, -0.05) is 17.3 Å². The lowest BCUT2D eigenvalue weighted by molar-refractivity contribution is -0.145. The number of esters is 1. The lowest BCUT2D eigenvalue weighted by atomic mass is 10.0. The number of carbonyl (C=O) groups is 2. The number of Topliss-reactive ketones (excluding diaryl/α,β-unsaturated/α-hetero) is 1. The largest absolute Gasteiger partial charge is 0.459 e. The summed E-state index contributed by atoms with van der Waals surface area (Å²) in [6, 6.07) is 7.25. The molecule has 0 saturated heterocycles. The predicted molar refractivity (Wildman–Crippen MR) is 80.5 cm³/mol. The van der Waals surface area contributed by atoms with Crippen LogP contribution in [0.2, 0.25) is 0 Å². The van der Waals surface area contributed by atoms with Gasteiger partial charge >= 0.3 is 5.97 Å². The zero-order valence-corrected chi connectivity index (χ0v) is 13.0. The van der Waals surface area contributed by atoms with E-state index in [0.717, 1.165) is 11.1 Å². The van der Waals surface area contributed by atoms with Crippen molar-refractivity contribution in [2.24, 2.45) is 0 Å². The Morgan fingerprint density at radius 3 is 2.50 bits per heavy atom. The molecule has 0 radical (unpaired) electrons. The highest BCUT2D eigenvalue weighted by Gasteiger charge is 2.12. The van der Waals surface area contributed by atoms with Crippen LogP contribution in [-0.4, -0.2) is 16.9 Å². The molecule has 0 saturated carbocycles. The molecule has 0 amide bonds. The second-order valence-electron chi connectivity index (χ2n) is 5.31. The number of ketones is 1. The summed E-state index contributed by atoms with van der Waals surface area (Å²) in [5.74, 6) is 0.186. The Kier molecular flexibility index (Phi) is 5.09. The highest BCUT2D eigenvalue weighted by Crippen LogP contribution is 2.13. The maximum atomic E-state index is 12.1. The zero-order chi connectivity index (χ0) is 16.1. The van der Waals surface area contributed by atoms with Crippen LogP contribution in [0.5, 0.6) is 0 Å². The molecule has 2 aromatic rings. The average Bonchev–Trinajstić information content (AvgIpc) is 2.91. The summed E-state index contributed by atoms with van der Waals surface area (Å²) in [7, 11) is 0. The summed E-state index contributed by atoms with van der Waals surface area (Å²) in [5.41, 5.74) is 3.39. The summed E-state index contributed by atoms with van der Waals surface area (Å²) >= 11 is 0. The molecule has 5 nitrogen and oxygen atoms in total. The Morgan fingerprint density at radius 1 is 1.09 bits per heavy atom. The number of benzene rings is 1. The van der Waals surface area contributed by atoms with Crippen molar-refractivity contribution < 1.29 is 18.8 Å². The SMILES string of the molecule is Cc1cc(COC(=O)CCC(=O)c2ccc(C)c(C)c2)no1. The van der Waals surface area contributed by atoms with Crippen LogP contribution in [0.3, 0.4) is 0 Å². The Bertz CT molecular complexity index is 688. The molecule has 5 heteroatoms. The van der Waals surface area contributed by atoms with Gasteiger partial charge in [0.2, 0.25) is 0 Å². The van der Waals surface area contributed by atoms with Gasteiger partial charge in [-0.05, 0) is 38.0 Å². The first-order chi connectivity index (χ1) is 10.5. The van der Waals surface area contributed by atoms with Gasteiger partial charge in [0.05, 0.1) is 6.42 Å². The summed E-state index contributed by atoms with van der Waals surface area (Å²) < 4.78 is 9.94. The van der Waals surface area contributed by atoms with E-state index in [2.05, 4.69) is 5.16 Å². The summed E-state index contributed by atoms with van der Waals surface area (Å²) in [4.78, 5) is 23.7. The minimum atomic E-state index is -0.419. The van der Waals surface area contributed by atoms with E-state index in [-0.39, 0.29) is 25.2 Å². The molecular formula is C17H19NO4. The van der Waals surface area contributed by atoms with Crippen molar-refractivity contribution in [2.75, 3.05) is 0 Å². The van der Waals surface area contributed by atoms with Crippen LogP contribution >= 0.6 is 0 Å². The highest BCUT2D eigenvalue weighted by molar-refractivity contribution is 5.97. The van der Waals surface area contributed by atoms with E-state index in [4.69, 9.17) is 9.26 Å². The first-order valence-electron chi connectivity index (χ1n) is 7.14. The first-order valence-corrected chi connectivity index (χ1v) is 7.14. The quantitative estimate of drug-likeness (QED) is 0.605. The highest BCUT2D eigenvalue weighted by atomic mass is 16.5. The lowest BCUT2D eigenvalue weighted by Gasteiger charge is -2.05. The molecule has 116 valence electrons. The fourth-order valence-corrected chi connectivity index (χ4v) is 1.99. The van der Waals surface area contributed by atoms with Gasteiger partial charge in [0, 0.05) is 18.1 Å². The molecule has 0 unspecified atom stereocenters. The minimum absolute atomic E-state index is 0.0580. The van der Waals surface area contributed by atoms with E-state index in [1.165, 1.54) is 0 Å². The molecule has 0 fully saturated rings. The van der Waals surface area contributed by atoms with E-state index in [1.807, 2.05) is 26.0 Å². The summed E-state index contributed by atoms with van der Waals surface area (Å²) in [6.45, 7) is 5.78. The van der Waals surface area contributed by atoms with Gasteiger partial charge in [-0.2, -0.15) is 0 Å². The van der Waals surface area contributed by atoms with E-state index in [9.17, 15) is 9.59 Å². The van der Waals surface area contributed by atoms with Crippen LogP contribution < -0.4 is 0 Å². The molecule has 1 aromatic heterocycles. The maximum absolute atomic E-state index is 12.1. The molecule has 0 aliphatic heterocycles. The number of hydrogen-bond donors (Lipinski definition) is 0. The molecule has 2 rings (SSSR count). The smallest absolute Gasteiger partial charge is 0.306 e. The molecule has 0 aliphatic carbocycles. The van der Waals surface area contributed by atoms with Gasteiger partial charge in [0.1, 0.15) is 18.1 Å². The van der Waals surface area contributed by atoms with E-state index < -0.39 is 5.97 Å². The fourth-order valence-electron chi connectivity index (χ4n) is 1.99. The molecule has 1 aromatic carbocycles. The van der Waals surface area contributed by atoms with Crippen molar-refractivity contribution in [3.63, 3.8) is 0 Å². The maximum Gasteiger partial charge on any atom is 0.306 e. The van der Waals surface area contributed by atoms with E-state index >= 15 is 0 Å². The third-order valence-corrected chi connectivity index (χ3v) is 3.44. The third-order valence-electron chi connectivity index (χ3n) is 3.44. The van der Waals surface area contributed by atoms with Gasteiger partial charge in [-0.3, -0.25) is 9.59 Å². The standard InChI is InChI=1S/C17H19NO4/c1-11-4-5-14(8-12(11)2)16(19)6-7-17(20)21-10-15-9-13(3)22-18-15/h4-5,8-9H,6-7,10H2,1-3H3. The summed E-state index contributed by atoms with van der Waals surface area (Å²) in [6.07, 6.45) is 0.196. The van der Waals surface area contributed by atoms with E-state index in [1.54, 1.807) is 19.1 Å². The Hall–Kier alpha value is -2.43. The molecule has 0 spiro atoms. The lowest BCUT2D eigenvalue weighted by Crippen LogP contribution is -2.08. The number of aromatic nitrogens is 1. The number of carbonyl (C=O) groups excluding carboxylic acids is 2. The zero-order valence-electron chi connectivity index (χ0n) is 13.0. The molecule has 22 heavy (non-hydrogen) atoms. The summed E-state index contributed by atoms with van der Waals surface area (Å²) in [5, 5.41) is 3.73. The van der Waals surface area contributed by atoms with Crippen molar-refractivity contribution in [2.45, 2.75) is 40.2 Å². The van der Waals surface area contributed by atoms with Crippen LogP contribution in [0.1, 0.15) is 45.8 Å². The second kappa shape index (κ2) is 7.02. The van der Waals surface area contributed by atoms with Crippen LogP contribution in [-0.2, 0) is 16.1 Å². The van der Waals surface area contributed by atoms with Crippen LogP contribution in [0.15, 0.2) is 28.8 Å². The van der Waals surface area contributed by atoms with Crippen molar-refractivity contribution in [3.8, 4) is 0 Å². The van der Waals surface area contributed by atoms with Gasteiger partial charge in [-0.15, -0.1) is 0 Å². The number of aryl methyl sites for hydroxylation is 3. The van der Waals surface area contributed by atoms with Gasteiger partial charge < -0.3 is 9.26 Å². The topological polar surface area (TPSA) is 69.4 Å². The molecule has 0 bridgehead atoms. The van der Waals surface area contributed by atoms with Gasteiger partial charge in [0.25, 0.3) is 0 Å². The molecule has 0 atom stereocenters. The van der Waals surface area contributed by atoms with Crippen LogP contribution in [0.4, 0.5) is 0 Å². The molecule has 1 heterocycles. The Labute approximate surface area is 129 Å². The Morgan fingerprint density at radius 2 is 1.86 bits per heavy atom. The number of nitrogens with zero attached hydrogens (tertiary/aromatic N) is 1. The number of rotatable bonds is 6. The molecule has 0 aliphatic rings. The Balaban J connectivity index is 1.80. The van der Waals surface area contributed by atoms with Crippen molar-refractivity contribution >= 4 is 11.8 Å². The van der Waals surface area contributed by atoms with Crippen LogP contribution in [0.25, 0.3) is 0 Å². The minimum Gasteiger partial charge on any atom is -0.459 e. The normalized spacial score (nSPS) is 10.5. The average molecular weight is 301 g/mol. The first kappa shape index (κ1) is 15.9. The number of ether oxygens (including phenoxy) is 1. The van der Waals surface area contributed by atoms with Gasteiger partial charge in [-0.25, -0.2) is 0 Å². The van der Waals surface area contributed by atoms with Crippen molar-refractivity contribution in [1.29, 1.82) is 0 Å². The monoisotopic (exact) mass is 301 g/mol. The van der Waals surface area contributed by atoms with E-state index in [0.29, 0.717) is 17.0 Å². The second-order valence-corrected chi connectivity index (χ2v) is 5.31. The number of hydrogen-bond acceptors (Lipinski definition) is 5. The van der Waals surface area contributed by atoms with Crippen LogP contribution in [0, 0.1) is 20.8 Å². The third kappa shape index (κ3) is 4.28. The molecular weight excluding hydrogens is 282 g/mol. The molecule has 0 N–H and O–H groups in total. The van der Waals surface area contributed by atoms with Crippen molar-refractivity contribution in [1.82, 2.24) is 5.16 Å². The van der Waals surface area contributed by atoms with Gasteiger partial charge in [0.15, 0.2) is 5.78 Å². The predicted octanol–water partition coefficient (Wildman–Crippen LogP) is 3.31. The van der Waals surface area contributed by atoms with Crippen molar-refractivity contribution in [3.05, 3.63) is 52.4 Å². The fraction of sp³-hybridized carbons (Fsp3) is 0.353.